The number of hydrogen-bond donors (Lipinski definition) is 0. The number of imidazole rings is 1. The van der Waals surface area contributed by atoms with E-state index in [1.165, 1.54) is 6.20 Å². The molecule has 4 aromatic rings. The van der Waals surface area contributed by atoms with E-state index in [1.54, 1.807) is 6.92 Å². The molecule has 0 saturated carbocycles. The van der Waals surface area contributed by atoms with Gasteiger partial charge in [-0.25, -0.2) is 15.0 Å². The Morgan fingerprint density at radius 1 is 0.964 bits per heavy atom. The van der Waals surface area contributed by atoms with Gasteiger partial charge < -0.3 is 0 Å². The molecule has 4 nitrogen and oxygen atoms in total. The minimum Gasteiger partial charge on any atom is -0.291 e. The summed E-state index contributed by atoms with van der Waals surface area (Å²) in [6.07, 6.45) is 1.48. The molecule has 0 saturated heterocycles. The smallest absolute Gasteiger partial charge is 0.164 e. The largest absolute Gasteiger partial charge is 0.291 e. The van der Waals surface area contributed by atoms with Crippen molar-refractivity contribution in [3.63, 3.8) is 0 Å². The lowest BCUT2D eigenvalue weighted by atomic mass is 10.2. The lowest BCUT2D eigenvalue weighted by molar-refractivity contribution is 1.08. The van der Waals surface area contributed by atoms with Crippen LogP contribution in [-0.4, -0.2) is 20.2 Å². The summed E-state index contributed by atoms with van der Waals surface area (Å²) in [6.45, 7) is 5.45. The van der Waals surface area contributed by atoms with E-state index in [1.807, 2.05) is 54.6 Å². The molecule has 0 aliphatic heterocycles. The van der Waals surface area contributed by atoms with Crippen molar-refractivity contribution in [2.45, 2.75) is 6.92 Å². The van der Waals surface area contributed by atoms with Crippen LogP contribution in [0.4, 0.5) is 0 Å². The number of aliphatic imine (C=N–C) groups is 1. The third kappa shape index (κ3) is 3.22. The van der Waals surface area contributed by atoms with Gasteiger partial charge in [0.25, 0.3) is 0 Å². The predicted octanol–water partition coefficient (Wildman–Crippen LogP) is 5.04. The molecular formula is C24H18N4. The third-order valence-electron chi connectivity index (χ3n) is 4.26. The highest BCUT2D eigenvalue weighted by molar-refractivity contribution is 6.12. The second-order valence-corrected chi connectivity index (χ2v) is 6.04. The highest BCUT2D eigenvalue weighted by atomic mass is 15.1. The normalized spacial score (nSPS) is 11.1. The Labute approximate surface area is 163 Å². The van der Waals surface area contributed by atoms with Crippen molar-refractivity contribution in [3.8, 4) is 29.0 Å². The first-order valence-electron chi connectivity index (χ1n) is 8.94. The molecule has 2 aromatic heterocycles. The SMILES string of the molecule is C=C/N=C(\C#CC)c1cccc(-c2nc3ccccc3n2-c2ccccc2)n1. The molecule has 0 unspecified atom stereocenters. The van der Waals surface area contributed by atoms with Crippen LogP contribution in [0.25, 0.3) is 28.2 Å². The summed E-state index contributed by atoms with van der Waals surface area (Å²) in [6, 6.07) is 24.0. The van der Waals surface area contributed by atoms with Gasteiger partial charge in [0.1, 0.15) is 11.4 Å². The molecular weight excluding hydrogens is 344 g/mol. The Morgan fingerprint density at radius 2 is 1.75 bits per heavy atom. The Morgan fingerprint density at radius 3 is 2.54 bits per heavy atom. The van der Waals surface area contributed by atoms with Crippen LogP contribution in [0.3, 0.4) is 0 Å². The fourth-order valence-electron chi connectivity index (χ4n) is 3.10. The summed E-state index contributed by atoms with van der Waals surface area (Å²) in [5.41, 5.74) is 5.02. The molecule has 0 atom stereocenters. The maximum Gasteiger partial charge on any atom is 0.164 e. The van der Waals surface area contributed by atoms with Crippen LogP contribution in [0.1, 0.15) is 12.6 Å². The zero-order valence-corrected chi connectivity index (χ0v) is 15.5. The fraction of sp³-hybridized carbons (Fsp3) is 0.0417. The first-order valence-corrected chi connectivity index (χ1v) is 8.94. The molecule has 2 aromatic carbocycles. The second kappa shape index (κ2) is 7.73. The number of aromatic nitrogens is 3. The van der Waals surface area contributed by atoms with Gasteiger partial charge >= 0.3 is 0 Å². The zero-order chi connectivity index (χ0) is 19.3. The molecule has 0 aliphatic carbocycles. The van der Waals surface area contributed by atoms with Crippen molar-refractivity contribution in [1.29, 1.82) is 0 Å². The van der Waals surface area contributed by atoms with Gasteiger partial charge in [0.2, 0.25) is 0 Å². The van der Waals surface area contributed by atoms with Gasteiger partial charge in [-0.05, 0) is 49.2 Å². The molecule has 2 heterocycles. The van der Waals surface area contributed by atoms with Crippen molar-refractivity contribution < 1.29 is 0 Å². The second-order valence-electron chi connectivity index (χ2n) is 6.04. The topological polar surface area (TPSA) is 43.1 Å². The Bertz CT molecular complexity index is 1240. The van der Waals surface area contributed by atoms with E-state index in [9.17, 15) is 0 Å². The van der Waals surface area contributed by atoms with Gasteiger partial charge in [0, 0.05) is 11.9 Å². The summed E-state index contributed by atoms with van der Waals surface area (Å²) in [5.74, 6) is 6.64. The molecule has 28 heavy (non-hydrogen) atoms. The maximum absolute atomic E-state index is 4.86. The molecule has 134 valence electrons. The fourth-order valence-corrected chi connectivity index (χ4v) is 3.10. The van der Waals surface area contributed by atoms with Gasteiger partial charge in [0.15, 0.2) is 5.82 Å². The lowest BCUT2D eigenvalue weighted by Gasteiger charge is -2.09. The van der Waals surface area contributed by atoms with Crippen LogP contribution < -0.4 is 0 Å². The zero-order valence-electron chi connectivity index (χ0n) is 15.5. The van der Waals surface area contributed by atoms with Crippen molar-refractivity contribution >= 4 is 16.7 Å². The Balaban J connectivity index is 1.95. The van der Waals surface area contributed by atoms with E-state index in [-0.39, 0.29) is 0 Å². The number of hydrogen-bond acceptors (Lipinski definition) is 3. The van der Waals surface area contributed by atoms with E-state index >= 15 is 0 Å². The predicted molar refractivity (Wildman–Crippen MR) is 114 cm³/mol. The van der Waals surface area contributed by atoms with Crippen LogP contribution in [0.2, 0.25) is 0 Å². The average molecular weight is 362 g/mol. The Kier molecular flexibility index (Phi) is 4.81. The van der Waals surface area contributed by atoms with E-state index in [0.29, 0.717) is 11.4 Å². The lowest BCUT2D eigenvalue weighted by Crippen LogP contribution is -2.04. The number of pyridine rings is 1. The first-order chi connectivity index (χ1) is 13.8. The molecule has 0 radical (unpaired) electrons. The number of fused-ring (bicyclic) bond motifs is 1. The summed E-state index contributed by atoms with van der Waals surface area (Å²) < 4.78 is 2.12. The average Bonchev–Trinajstić information content (AvgIpc) is 3.14. The first kappa shape index (κ1) is 17.4. The minimum atomic E-state index is 0.585. The van der Waals surface area contributed by atoms with Crippen molar-refractivity contribution in [3.05, 3.63) is 91.3 Å². The minimum absolute atomic E-state index is 0.585. The third-order valence-corrected chi connectivity index (χ3v) is 4.26. The summed E-state index contributed by atoms with van der Waals surface area (Å²) in [7, 11) is 0. The summed E-state index contributed by atoms with van der Waals surface area (Å²) in [4.78, 5) is 13.9. The standard InChI is InChI=1S/C24H18N4/c1-3-11-19(25-4-2)20-15-10-16-22(26-20)24-27-21-14-8-9-17-23(21)28(24)18-12-6-5-7-13-18/h4-10,12-17H,2H2,1H3/b25-19+. The van der Waals surface area contributed by atoms with Gasteiger partial charge in [-0.15, -0.1) is 0 Å². The molecule has 0 N–H and O–H groups in total. The molecule has 0 amide bonds. The highest BCUT2D eigenvalue weighted by Gasteiger charge is 2.16. The van der Waals surface area contributed by atoms with Crippen molar-refractivity contribution in [1.82, 2.24) is 14.5 Å². The highest BCUT2D eigenvalue weighted by Crippen LogP contribution is 2.27. The molecule has 0 bridgehead atoms. The molecule has 4 heteroatoms. The van der Waals surface area contributed by atoms with Crippen molar-refractivity contribution in [2.75, 3.05) is 0 Å². The van der Waals surface area contributed by atoms with Gasteiger partial charge in [-0.2, -0.15) is 0 Å². The van der Waals surface area contributed by atoms with Gasteiger partial charge in [0.05, 0.1) is 16.7 Å². The van der Waals surface area contributed by atoms with Crippen LogP contribution in [0.15, 0.2) is 90.6 Å². The summed E-state index contributed by atoms with van der Waals surface area (Å²) in [5, 5.41) is 0. The van der Waals surface area contributed by atoms with Gasteiger partial charge in [-0.3, -0.25) is 4.57 Å². The van der Waals surface area contributed by atoms with Crippen LogP contribution in [0, 0.1) is 11.8 Å². The maximum atomic E-state index is 4.86. The van der Waals surface area contributed by atoms with E-state index in [2.05, 4.69) is 46.2 Å². The Hall–Kier alpha value is -3.97. The van der Waals surface area contributed by atoms with Crippen LogP contribution in [-0.2, 0) is 0 Å². The molecule has 0 spiro atoms. The van der Waals surface area contributed by atoms with Crippen LogP contribution in [0.5, 0.6) is 0 Å². The van der Waals surface area contributed by atoms with E-state index < -0.39 is 0 Å². The number of rotatable bonds is 4. The summed E-state index contributed by atoms with van der Waals surface area (Å²) >= 11 is 0. The number of nitrogens with zero attached hydrogens (tertiary/aromatic N) is 4. The quantitative estimate of drug-likeness (QED) is 0.377. The monoisotopic (exact) mass is 362 g/mol. The number of benzene rings is 2. The van der Waals surface area contributed by atoms with Crippen LogP contribution >= 0.6 is 0 Å². The van der Waals surface area contributed by atoms with E-state index in [4.69, 9.17) is 9.97 Å². The van der Waals surface area contributed by atoms with Crippen molar-refractivity contribution in [2.24, 2.45) is 4.99 Å². The van der Waals surface area contributed by atoms with E-state index in [0.717, 1.165) is 28.2 Å². The molecule has 0 aliphatic rings. The molecule has 4 rings (SSSR count). The molecule has 0 fully saturated rings. The number of para-hydroxylation sites is 3. The van der Waals surface area contributed by atoms with Gasteiger partial charge in [-0.1, -0.05) is 48.9 Å².